The summed E-state index contributed by atoms with van der Waals surface area (Å²) in [7, 11) is 0. The first kappa shape index (κ1) is 10.2. The van der Waals surface area contributed by atoms with E-state index < -0.39 is 16.6 Å². The van der Waals surface area contributed by atoms with Gasteiger partial charge < -0.3 is 0 Å². The highest BCUT2D eigenvalue weighted by atomic mass is 19.1. The summed E-state index contributed by atoms with van der Waals surface area (Å²) in [6.45, 7) is 0. The predicted molar refractivity (Wildman–Crippen MR) is 50.6 cm³/mol. The Bertz CT molecular complexity index is 553. The van der Waals surface area contributed by atoms with Crippen molar-refractivity contribution >= 4 is 5.69 Å². The minimum absolute atomic E-state index is 0.0810. The van der Waals surface area contributed by atoms with E-state index in [2.05, 4.69) is 10.2 Å². The summed E-state index contributed by atoms with van der Waals surface area (Å²) in [5.41, 5.74) is -0.529. The van der Waals surface area contributed by atoms with Gasteiger partial charge in [-0.1, -0.05) is 0 Å². The smallest absolute Gasteiger partial charge is 0.271 e. The van der Waals surface area contributed by atoms with E-state index in [1.54, 1.807) is 0 Å². The molecule has 82 valence electrons. The van der Waals surface area contributed by atoms with Gasteiger partial charge in [0, 0.05) is 11.6 Å². The molecule has 2 rings (SSSR count). The van der Waals surface area contributed by atoms with Gasteiger partial charge in [0.2, 0.25) is 0 Å². The van der Waals surface area contributed by atoms with Crippen LogP contribution in [0, 0.1) is 21.7 Å². The van der Waals surface area contributed by atoms with Crippen LogP contribution in [0.1, 0.15) is 0 Å². The lowest BCUT2D eigenvalue weighted by Gasteiger charge is -1.99. The molecule has 1 aromatic carbocycles. The van der Waals surface area contributed by atoms with E-state index >= 15 is 0 Å². The largest absolute Gasteiger partial charge is 0.314 e. The van der Waals surface area contributed by atoms with Crippen molar-refractivity contribution < 1.29 is 13.7 Å². The molecule has 0 fully saturated rings. The quantitative estimate of drug-likeness (QED) is 0.629. The summed E-state index contributed by atoms with van der Waals surface area (Å²) >= 11 is 0. The molecule has 0 saturated carbocycles. The van der Waals surface area contributed by atoms with Crippen molar-refractivity contribution in [2.75, 3.05) is 0 Å². The monoisotopic (exact) mass is 225 g/mol. The first-order chi connectivity index (χ1) is 7.59. The lowest BCUT2D eigenvalue weighted by atomic mass is 10.1. The van der Waals surface area contributed by atoms with E-state index in [1.165, 1.54) is 0 Å². The van der Waals surface area contributed by atoms with E-state index in [4.69, 9.17) is 0 Å². The van der Waals surface area contributed by atoms with Crippen LogP contribution in [0.15, 0.2) is 24.4 Å². The summed E-state index contributed by atoms with van der Waals surface area (Å²) in [4.78, 5) is 9.89. The summed E-state index contributed by atoms with van der Waals surface area (Å²) in [5, 5.41) is 16.3. The Kier molecular flexibility index (Phi) is 2.35. The molecule has 5 nitrogen and oxygen atoms in total. The molecule has 2 aromatic rings. The van der Waals surface area contributed by atoms with Crippen LogP contribution in [0.25, 0.3) is 11.3 Å². The highest BCUT2D eigenvalue weighted by molar-refractivity contribution is 5.69. The lowest BCUT2D eigenvalue weighted by Crippen LogP contribution is -1.92. The van der Waals surface area contributed by atoms with E-state index in [0.29, 0.717) is 6.07 Å². The first-order valence-corrected chi connectivity index (χ1v) is 4.23. The number of nitrogens with one attached hydrogen (secondary N) is 1. The molecule has 1 heterocycles. The third-order valence-electron chi connectivity index (χ3n) is 2.02. The van der Waals surface area contributed by atoms with Crippen LogP contribution >= 0.6 is 0 Å². The SMILES string of the molecule is O=[N+]([O-])c1cn[nH]c1-c1ccc(F)cc1F. The molecule has 0 saturated heterocycles. The molecule has 0 aliphatic heterocycles. The molecular formula is C9H5F2N3O2. The normalized spacial score (nSPS) is 10.4. The van der Waals surface area contributed by atoms with Gasteiger partial charge in [0.05, 0.1) is 4.92 Å². The van der Waals surface area contributed by atoms with Crippen molar-refractivity contribution in [1.82, 2.24) is 10.2 Å². The van der Waals surface area contributed by atoms with Gasteiger partial charge in [-0.15, -0.1) is 0 Å². The molecule has 0 unspecified atom stereocenters. The van der Waals surface area contributed by atoms with Gasteiger partial charge in [0.15, 0.2) is 0 Å². The van der Waals surface area contributed by atoms with Crippen molar-refractivity contribution in [2.24, 2.45) is 0 Å². The van der Waals surface area contributed by atoms with Gasteiger partial charge in [-0.25, -0.2) is 8.78 Å². The second kappa shape index (κ2) is 3.69. The minimum atomic E-state index is -0.882. The zero-order valence-electron chi connectivity index (χ0n) is 7.78. The van der Waals surface area contributed by atoms with E-state index in [0.717, 1.165) is 18.3 Å². The van der Waals surface area contributed by atoms with Crippen LogP contribution in [-0.2, 0) is 0 Å². The average Bonchev–Trinajstić information content (AvgIpc) is 2.66. The van der Waals surface area contributed by atoms with Crippen LogP contribution in [0.2, 0.25) is 0 Å². The molecule has 16 heavy (non-hydrogen) atoms. The standard InChI is InChI=1S/C9H5F2N3O2/c10-5-1-2-6(7(11)3-5)9-8(14(15)16)4-12-13-9/h1-4H,(H,12,13). The third-order valence-corrected chi connectivity index (χ3v) is 2.02. The second-order valence-electron chi connectivity index (χ2n) is 3.01. The van der Waals surface area contributed by atoms with Gasteiger partial charge in [0.25, 0.3) is 0 Å². The first-order valence-electron chi connectivity index (χ1n) is 4.23. The Labute approximate surface area is 87.9 Å². The zero-order chi connectivity index (χ0) is 11.7. The van der Waals surface area contributed by atoms with Crippen LogP contribution in [0.3, 0.4) is 0 Å². The Morgan fingerprint density at radius 1 is 1.38 bits per heavy atom. The number of aromatic amines is 1. The van der Waals surface area contributed by atoms with Crippen molar-refractivity contribution in [3.63, 3.8) is 0 Å². The molecule has 1 aromatic heterocycles. The summed E-state index contributed by atoms with van der Waals surface area (Å²) < 4.78 is 26.0. The van der Waals surface area contributed by atoms with Gasteiger partial charge >= 0.3 is 5.69 Å². The number of nitrogens with zero attached hydrogens (tertiary/aromatic N) is 2. The van der Waals surface area contributed by atoms with Crippen molar-refractivity contribution in [1.29, 1.82) is 0 Å². The molecule has 0 atom stereocenters. The van der Waals surface area contributed by atoms with E-state index in [9.17, 15) is 18.9 Å². The van der Waals surface area contributed by atoms with Crippen molar-refractivity contribution in [3.8, 4) is 11.3 Å². The second-order valence-corrected chi connectivity index (χ2v) is 3.01. The Hall–Kier alpha value is -2.31. The maximum absolute atomic E-state index is 13.3. The average molecular weight is 225 g/mol. The Morgan fingerprint density at radius 3 is 2.75 bits per heavy atom. The fourth-order valence-electron chi connectivity index (χ4n) is 1.31. The van der Waals surface area contributed by atoms with Crippen LogP contribution in [-0.4, -0.2) is 15.1 Å². The number of H-pyrrole nitrogens is 1. The topological polar surface area (TPSA) is 71.8 Å². The summed E-state index contributed by atoms with van der Waals surface area (Å²) in [6, 6.07) is 2.79. The molecule has 0 amide bonds. The lowest BCUT2D eigenvalue weighted by molar-refractivity contribution is -0.384. The zero-order valence-corrected chi connectivity index (χ0v) is 7.78. The highest BCUT2D eigenvalue weighted by Crippen LogP contribution is 2.29. The molecule has 0 radical (unpaired) electrons. The number of aromatic nitrogens is 2. The molecule has 0 spiro atoms. The van der Waals surface area contributed by atoms with Crippen molar-refractivity contribution in [2.45, 2.75) is 0 Å². The van der Waals surface area contributed by atoms with Gasteiger partial charge in [0.1, 0.15) is 23.5 Å². The molecule has 7 heteroatoms. The van der Waals surface area contributed by atoms with Crippen LogP contribution in [0.4, 0.5) is 14.5 Å². The highest BCUT2D eigenvalue weighted by Gasteiger charge is 2.20. The van der Waals surface area contributed by atoms with Gasteiger partial charge in [-0.3, -0.25) is 15.2 Å². The van der Waals surface area contributed by atoms with Crippen LogP contribution in [0.5, 0.6) is 0 Å². The minimum Gasteiger partial charge on any atom is -0.271 e. The summed E-state index contributed by atoms with van der Waals surface area (Å²) in [6.07, 6.45) is 0.970. The fraction of sp³-hybridized carbons (Fsp3) is 0. The Balaban J connectivity index is 2.59. The van der Waals surface area contributed by atoms with Crippen LogP contribution < -0.4 is 0 Å². The van der Waals surface area contributed by atoms with E-state index in [1.807, 2.05) is 0 Å². The maximum atomic E-state index is 13.3. The number of benzene rings is 1. The molecule has 1 N–H and O–H groups in total. The summed E-state index contributed by atoms with van der Waals surface area (Å²) in [5.74, 6) is -1.63. The number of rotatable bonds is 2. The van der Waals surface area contributed by atoms with Gasteiger partial charge in [-0.05, 0) is 12.1 Å². The third kappa shape index (κ3) is 1.62. The molecule has 0 bridgehead atoms. The molecule has 0 aliphatic carbocycles. The molecular weight excluding hydrogens is 220 g/mol. The number of hydrogen-bond acceptors (Lipinski definition) is 3. The number of nitro groups is 1. The fourth-order valence-corrected chi connectivity index (χ4v) is 1.31. The molecule has 0 aliphatic rings. The Morgan fingerprint density at radius 2 is 2.12 bits per heavy atom. The van der Waals surface area contributed by atoms with Crippen molar-refractivity contribution in [3.05, 3.63) is 46.1 Å². The van der Waals surface area contributed by atoms with E-state index in [-0.39, 0.29) is 16.9 Å². The number of halogens is 2. The maximum Gasteiger partial charge on any atom is 0.314 e. The van der Waals surface area contributed by atoms with Gasteiger partial charge in [-0.2, -0.15) is 5.10 Å². The number of hydrogen-bond donors (Lipinski definition) is 1. The predicted octanol–water partition coefficient (Wildman–Crippen LogP) is 2.26.